The molecule has 2 N–H and O–H groups in total. The lowest BCUT2D eigenvalue weighted by Crippen LogP contribution is -2.42. The van der Waals surface area contributed by atoms with E-state index in [2.05, 4.69) is 20.8 Å². The predicted molar refractivity (Wildman–Crippen MR) is 81.7 cm³/mol. The summed E-state index contributed by atoms with van der Waals surface area (Å²) in [4.78, 5) is 12.6. The molecule has 1 aromatic heterocycles. The van der Waals surface area contributed by atoms with Crippen LogP contribution in [0.1, 0.15) is 36.5 Å². The molecule has 0 spiro atoms. The fourth-order valence-corrected chi connectivity index (χ4v) is 2.20. The number of hydrogen-bond donors (Lipinski definition) is 2. The highest BCUT2D eigenvalue weighted by Crippen LogP contribution is 2.15. The predicted octanol–water partition coefficient (Wildman–Crippen LogP) is 1.11. The number of aliphatic hydroxyl groups excluding tert-OH is 1. The lowest BCUT2D eigenvalue weighted by molar-refractivity contribution is 0.0891. The molecule has 0 aliphatic rings. The van der Waals surface area contributed by atoms with E-state index >= 15 is 0 Å². The van der Waals surface area contributed by atoms with Crippen LogP contribution in [0.25, 0.3) is 5.69 Å². The van der Waals surface area contributed by atoms with Crippen LogP contribution in [0.15, 0.2) is 24.3 Å². The van der Waals surface area contributed by atoms with Crippen molar-refractivity contribution in [2.75, 3.05) is 6.61 Å². The summed E-state index contributed by atoms with van der Waals surface area (Å²) in [5.41, 5.74) is 1.09. The van der Waals surface area contributed by atoms with Crippen LogP contribution >= 0.6 is 0 Å². The Labute approximate surface area is 129 Å². The van der Waals surface area contributed by atoms with Gasteiger partial charge in [0.25, 0.3) is 5.91 Å². The van der Waals surface area contributed by atoms with Gasteiger partial charge in [-0.1, -0.05) is 32.4 Å². The first-order chi connectivity index (χ1) is 10.6. The molecule has 0 fully saturated rings. The number of aromatic nitrogens is 4. The van der Waals surface area contributed by atoms with Crippen molar-refractivity contribution < 1.29 is 9.90 Å². The van der Waals surface area contributed by atoms with Crippen molar-refractivity contribution in [2.24, 2.45) is 5.92 Å². The molecule has 2 atom stereocenters. The molecule has 22 heavy (non-hydrogen) atoms. The molecule has 0 unspecified atom stereocenters. The maximum absolute atomic E-state index is 12.6. The van der Waals surface area contributed by atoms with E-state index < -0.39 is 0 Å². The molecular formula is C15H21N5O2. The normalized spacial score (nSPS) is 13.6. The SMILES string of the molecule is CC[C@H](C)[C@@H](CO)NC(=O)c1ccccc1-n1nnnc1C. The second kappa shape index (κ2) is 7.13. The summed E-state index contributed by atoms with van der Waals surface area (Å²) in [6.07, 6.45) is 0.874. The third-order valence-corrected chi connectivity index (χ3v) is 3.85. The zero-order valence-electron chi connectivity index (χ0n) is 13.0. The molecule has 1 aromatic carbocycles. The molecule has 0 bridgehead atoms. The van der Waals surface area contributed by atoms with Crippen LogP contribution in [-0.2, 0) is 0 Å². The highest BCUT2D eigenvalue weighted by Gasteiger charge is 2.21. The minimum atomic E-state index is -0.277. The Morgan fingerprint density at radius 3 is 2.73 bits per heavy atom. The Morgan fingerprint density at radius 2 is 2.14 bits per heavy atom. The van der Waals surface area contributed by atoms with Gasteiger partial charge in [-0.05, 0) is 35.4 Å². The number of amides is 1. The Morgan fingerprint density at radius 1 is 1.41 bits per heavy atom. The number of aliphatic hydroxyl groups is 1. The zero-order chi connectivity index (χ0) is 16.1. The molecule has 0 aliphatic heterocycles. The lowest BCUT2D eigenvalue weighted by atomic mass is 9.99. The van der Waals surface area contributed by atoms with Gasteiger partial charge in [0.2, 0.25) is 0 Å². The van der Waals surface area contributed by atoms with Gasteiger partial charge in [0.05, 0.1) is 23.9 Å². The van der Waals surface area contributed by atoms with Crippen LogP contribution < -0.4 is 5.32 Å². The van der Waals surface area contributed by atoms with Crippen molar-refractivity contribution in [3.63, 3.8) is 0 Å². The van der Waals surface area contributed by atoms with Gasteiger partial charge in [-0.2, -0.15) is 4.68 Å². The minimum absolute atomic E-state index is 0.0905. The van der Waals surface area contributed by atoms with Gasteiger partial charge in [0.1, 0.15) is 0 Å². The average molecular weight is 303 g/mol. The lowest BCUT2D eigenvalue weighted by Gasteiger charge is -2.22. The standard InChI is InChI=1S/C15H21N5O2/c1-4-10(2)13(9-21)16-15(22)12-7-5-6-8-14(12)20-11(3)17-18-19-20/h5-8,10,13,21H,4,9H2,1-3H3,(H,16,22)/t10-,13+/m0/s1. The first-order valence-corrected chi connectivity index (χ1v) is 7.34. The van der Waals surface area contributed by atoms with Gasteiger partial charge in [0, 0.05) is 0 Å². The molecule has 118 valence electrons. The summed E-state index contributed by atoms with van der Waals surface area (Å²) in [5, 5.41) is 23.7. The van der Waals surface area contributed by atoms with Gasteiger partial charge >= 0.3 is 0 Å². The van der Waals surface area contributed by atoms with Crippen molar-refractivity contribution in [3.05, 3.63) is 35.7 Å². The van der Waals surface area contributed by atoms with E-state index in [1.165, 1.54) is 4.68 Å². The van der Waals surface area contributed by atoms with E-state index in [4.69, 9.17) is 0 Å². The molecule has 2 aromatic rings. The van der Waals surface area contributed by atoms with Crippen molar-refractivity contribution in [3.8, 4) is 5.69 Å². The molecule has 0 aliphatic carbocycles. The van der Waals surface area contributed by atoms with E-state index in [-0.39, 0.29) is 24.5 Å². The zero-order valence-corrected chi connectivity index (χ0v) is 13.0. The van der Waals surface area contributed by atoms with Gasteiger partial charge in [0.15, 0.2) is 5.82 Å². The number of benzene rings is 1. The number of nitrogens with one attached hydrogen (secondary N) is 1. The van der Waals surface area contributed by atoms with Crippen LogP contribution in [0.4, 0.5) is 0 Å². The van der Waals surface area contributed by atoms with Crippen LogP contribution in [-0.4, -0.2) is 43.9 Å². The van der Waals surface area contributed by atoms with Crippen molar-refractivity contribution >= 4 is 5.91 Å². The number of nitrogens with zero attached hydrogens (tertiary/aromatic N) is 4. The highest BCUT2D eigenvalue weighted by molar-refractivity contribution is 5.97. The van der Waals surface area contributed by atoms with Gasteiger partial charge < -0.3 is 10.4 Å². The van der Waals surface area contributed by atoms with Crippen molar-refractivity contribution in [2.45, 2.75) is 33.2 Å². The fourth-order valence-electron chi connectivity index (χ4n) is 2.20. The second-order valence-corrected chi connectivity index (χ2v) is 5.30. The first kappa shape index (κ1) is 16.1. The van der Waals surface area contributed by atoms with Gasteiger partial charge in [-0.3, -0.25) is 4.79 Å². The summed E-state index contributed by atoms with van der Waals surface area (Å²) in [6.45, 7) is 5.70. The van der Waals surface area contributed by atoms with Crippen LogP contribution in [0.2, 0.25) is 0 Å². The fraction of sp³-hybridized carbons (Fsp3) is 0.467. The number of rotatable bonds is 6. The van der Waals surface area contributed by atoms with Gasteiger partial charge in [-0.25, -0.2) is 0 Å². The number of hydrogen-bond acceptors (Lipinski definition) is 5. The van der Waals surface area contributed by atoms with Crippen LogP contribution in [0.3, 0.4) is 0 Å². The summed E-state index contributed by atoms with van der Waals surface area (Å²) in [7, 11) is 0. The van der Waals surface area contributed by atoms with E-state index in [0.29, 0.717) is 17.1 Å². The Kier molecular flexibility index (Phi) is 5.21. The number of aryl methyl sites for hydroxylation is 1. The van der Waals surface area contributed by atoms with E-state index in [9.17, 15) is 9.90 Å². The molecule has 1 amide bonds. The Hall–Kier alpha value is -2.28. The van der Waals surface area contributed by atoms with Crippen LogP contribution in [0, 0.1) is 12.8 Å². The number of carbonyl (C=O) groups is 1. The van der Waals surface area contributed by atoms with Crippen molar-refractivity contribution in [1.29, 1.82) is 0 Å². The number of carbonyl (C=O) groups excluding carboxylic acids is 1. The molecule has 7 heteroatoms. The number of para-hydroxylation sites is 1. The third kappa shape index (κ3) is 3.30. The quantitative estimate of drug-likeness (QED) is 0.834. The maximum atomic E-state index is 12.6. The monoisotopic (exact) mass is 303 g/mol. The molecule has 2 rings (SSSR count). The topological polar surface area (TPSA) is 92.9 Å². The van der Waals surface area contributed by atoms with Crippen LogP contribution in [0.5, 0.6) is 0 Å². The summed E-state index contributed by atoms with van der Waals surface area (Å²) >= 11 is 0. The Balaban J connectivity index is 2.29. The van der Waals surface area contributed by atoms with E-state index in [0.717, 1.165) is 6.42 Å². The molecular weight excluding hydrogens is 282 g/mol. The summed E-state index contributed by atoms with van der Waals surface area (Å²) in [6, 6.07) is 6.84. The maximum Gasteiger partial charge on any atom is 0.253 e. The van der Waals surface area contributed by atoms with E-state index in [1.54, 1.807) is 25.1 Å². The van der Waals surface area contributed by atoms with E-state index in [1.807, 2.05) is 19.9 Å². The van der Waals surface area contributed by atoms with Crippen molar-refractivity contribution in [1.82, 2.24) is 25.5 Å². The molecule has 0 saturated heterocycles. The minimum Gasteiger partial charge on any atom is -0.394 e. The molecule has 0 radical (unpaired) electrons. The first-order valence-electron chi connectivity index (χ1n) is 7.34. The largest absolute Gasteiger partial charge is 0.394 e. The molecule has 0 saturated carbocycles. The molecule has 1 heterocycles. The Bertz CT molecular complexity index is 640. The highest BCUT2D eigenvalue weighted by atomic mass is 16.3. The smallest absolute Gasteiger partial charge is 0.253 e. The van der Waals surface area contributed by atoms with Gasteiger partial charge in [-0.15, -0.1) is 5.10 Å². The summed E-state index contributed by atoms with van der Waals surface area (Å²) < 4.78 is 1.52. The second-order valence-electron chi connectivity index (χ2n) is 5.30. The average Bonchev–Trinajstić information content (AvgIpc) is 2.97. The molecule has 7 nitrogen and oxygen atoms in total. The number of tetrazole rings is 1. The summed E-state index contributed by atoms with van der Waals surface area (Å²) in [5.74, 6) is 0.543. The third-order valence-electron chi connectivity index (χ3n) is 3.85.